The lowest BCUT2D eigenvalue weighted by molar-refractivity contribution is -0.114. The fraction of sp³-hybridized carbons (Fsp3) is 0.0909. The Hall–Kier alpha value is -2.12. The zero-order valence-corrected chi connectivity index (χ0v) is 9.80. The molecule has 0 unspecified atom stereocenters. The molecule has 0 saturated carbocycles. The van der Waals surface area contributed by atoms with E-state index in [1.807, 2.05) is 0 Å². The predicted octanol–water partition coefficient (Wildman–Crippen LogP) is -0.551. The summed E-state index contributed by atoms with van der Waals surface area (Å²) in [6.07, 6.45) is 1.09. The zero-order chi connectivity index (χ0) is 13.7. The van der Waals surface area contributed by atoms with Crippen LogP contribution in [0.3, 0.4) is 0 Å². The first-order valence-electron chi connectivity index (χ1n) is 5.15. The third-order valence-electron chi connectivity index (χ3n) is 2.09. The Morgan fingerprint density at radius 3 is 2.50 bits per heavy atom. The highest BCUT2D eigenvalue weighted by atomic mass is 16.4. The van der Waals surface area contributed by atoms with Crippen molar-refractivity contribution in [3.63, 3.8) is 0 Å². The molecule has 0 atom stereocenters. The van der Waals surface area contributed by atoms with E-state index in [9.17, 15) is 19.6 Å². The van der Waals surface area contributed by atoms with E-state index in [2.05, 4.69) is 17.2 Å². The van der Waals surface area contributed by atoms with E-state index in [1.165, 1.54) is 25.1 Å². The van der Waals surface area contributed by atoms with Gasteiger partial charge in [0.05, 0.1) is 0 Å². The number of benzene rings is 1. The molecule has 1 aromatic rings. The zero-order valence-electron chi connectivity index (χ0n) is 9.80. The van der Waals surface area contributed by atoms with E-state index in [4.69, 9.17) is 0 Å². The highest BCUT2D eigenvalue weighted by Crippen LogP contribution is 2.12. The molecule has 0 bridgehead atoms. The third kappa shape index (κ3) is 3.72. The maximum absolute atomic E-state index is 11.1. The maximum atomic E-state index is 11.1. The van der Waals surface area contributed by atoms with Crippen molar-refractivity contribution < 1.29 is 19.6 Å². The lowest BCUT2D eigenvalue weighted by Gasteiger charge is -2.11. The van der Waals surface area contributed by atoms with Crippen molar-refractivity contribution in [3.05, 3.63) is 30.9 Å². The molecule has 0 aromatic heterocycles. The monoisotopic (exact) mass is 248 g/mol. The summed E-state index contributed by atoms with van der Waals surface area (Å²) in [7, 11) is -1.76. The number of carbonyl (C=O) groups is 2. The van der Waals surface area contributed by atoms with Crippen molar-refractivity contribution in [1.29, 1.82) is 0 Å². The molecule has 0 heterocycles. The average Bonchev–Trinajstić information content (AvgIpc) is 2.30. The van der Waals surface area contributed by atoms with Gasteiger partial charge in [-0.25, -0.2) is 0 Å². The van der Waals surface area contributed by atoms with Gasteiger partial charge in [0.25, 0.3) is 0 Å². The summed E-state index contributed by atoms with van der Waals surface area (Å²) >= 11 is 0. The molecule has 18 heavy (non-hydrogen) atoms. The van der Waals surface area contributed by atoms with E-state index in [-0.39, 0.29) is 17.1 Å². The first-order chi connectivity index (χ1) is 8.43. The smallest absolute Gasteiger partial charge is 0.423 e. The van der Waals surface area contributed by atoms with Gasteiger partial charge in [-0.3, -0.25) is 9.59 Å². The van der Waals surface area contributed by atoms with Crippen molar-refractivity contribution in [2.45, 2.75) is 6.92 Å². The second kappa shape index (κ2) is 5.99. The number of amides is 2. The van der Waals surface area contributed by atoms with Gasteiger partial charge in [0, 0.05) is 23.8 Å². The standard InChI is InChI=1S/C11H13BN2O4/c1-3-11(16)14-8-4-5-10(13-7(2)15)9(6-8)12(17)18/h3-6,17-18H,1H2,2H3,(H,13,15)(H,14,16). The molecular weight excluding hydrogens is 235 g/mol. The van der Waals surface area contributed by atoms with Crippen LogP contribution in [0.5, 0.6) is 0 Å². The van der Waals surface area contributed by atoms with Crippen LogP contribution in [-0.2, 0) is 9.59 Å². The molecule has 6 nitrogen and oxygen atoms in total. The first-order valence-corrected chi connectivity index (χ1v) is 5.15. The highest BCUT2D eigenvalue weighted by Gasteiger charge is 2.17. The molecule has 0 saturated heterocycles. The minimum absolute atomic E-state index is 0.0899. The van der Waals surface area contributed by atoms with E-state index in [0.29, 0.717) is 5.69 Å². The van der Waals surface area contributed by atoms with Gasteiger partial charge >= 0.3 is 7.12 Å². The number of hydrogen-bond donors (Lipinski definition) is 4. The number of rotatable bonds is 4. The van der Waals surface area contributed by atoms with Crippen LogP contribution in [-0.4, -0.2) is 29.0 Å². The number of hydrogen-bond acceptors (Lipinski definition) is 4. The van der Waals surface area contributed by atoms with Crippen LogP contribution in [0.4, 0.5) is 11.4 Å². The van der Waals surface area contributed by atoms with Gasteiger partial charge in [-0.15, -0.1) is 0 Å². The minimum Gasteiger partial charge on any atom is -0.423 e. The molecule has 7 heteroatoms. The van der Waals surface area contributed by atoms with Crippen LogP contribution in [0.1, 0.15) is 6.92 Å². The molecule has 2 amide bonds. The topological polar surface area (TPSA) is 98.7 Å². The Labute approximate surface area is 104 Å². The quantitative estimate of drug-likeness (QED) is 0.424. The third-order valence-corrected chi connectivity index (χ3v) is 2.09. The molecule has 0 aliphatic heterocycles. The van der Waals surface area contributed by atoms with Crippen molar-refractivity contribution in [1.82, 2.24) is 0 Å². The Bertz CT molecular complexity index is 488. The van der Waals surface area contributed by atoms with E-state index in [1.54, 1.807) is 0 Å². The normalized spacial score (nSPS) is 9.50. The lowest BCUT2D eigenvalue weighted by Crippen LogP contribution is -2.33. The highest BCUT2D eigenvalue weighted by molar-refractivity contribution is 6.61. The summed E-state index contributed by atoms with van der Waals surface area (Å²) in [4.78, 5) is 22.0. The van der Waals surface area contributed by atoms with Crippen LogP contribution in [0.2, 0.25) is 0 Å². The number of anilines is 2. The molecule has 4 N–H and O–H groups in total. The minimum atomic E-state index is -1.76. The Morgan fingerprint density at radius 2 is 2.00 bits per heavy atom. The molecule has 0 radical (unpaired) electrons. The number of nitrogens with one attached hydrogen (secondary N) is 2. The number of carbonyl (C=O) groups excluding carboxylic acids is 2. The summed E-state index contributed by atoms with van der Waals surface area (Å²) in [6.45, 7) is 4.61. The summed E-state index contributed by atoms with van der Waals surface area (Å²) < 4.78 is 0. The fourth-order valence-corrected chi connectivity index (χ4v) is 1.35. The summed E-state index contributed by atoms with van der Waals surface area (Å²) in [5.41, 5.74) is 0.735. The second-order valence-electron chi connectivity index (χ2n) is 3.55. The summed E-state index contributed by atoms with van der Waals surface area (Å²) in [6, 6.07) is 4.35. The van der Waals surface area contributed by atoms with Gasteiger partial charge in [-0.1, -0.05) is 6.58 Å². The van der Waals surface area contributed by atoms with Crippen molar-refractivity contribution in [2.24, 2.45) is 0 Å². The van der Waals surface area contributed by atoms with Crippen molar-refractivity contribution in [2.75, 3.05) is 10.6 Å². The molecule has 0 fully saturated rings. The molecule has 0 spiro atoms. The molecule has 0 aliphatic rings. The van der Waals surface area contributed by atoms with Crippen LogP contribution < -0.4 is 16.1 Å². The van der Waals surface area contributed by atoms with Crippen LogP contribution >= 0.6 is 0 Å². The van der Waals surface area contributed by atoms with Gasteiger partial charge < -0.3 is 20.7 Å². The van der Waals surface area contributed by atoms with Gasteiger partial charge in [0.1, 0.15) is 0 Å². The summed E-state index contributed by atoms with van der Waals surface area (Å²) in [5.74, 6) is -0.750. The Morgan fingerprint density at radius 1 is 1.33 bits per heavy atom. The molecule has 1 rings (SSSR count). The Kier molecular flexibility index (Phi) is 4.64. The molecule has 0 aliphatic carbocycles. The van der Waals surface area contributed by atoms with Crippen LogP contribution in [0.15, 0.2) is 30.9 Å². The van der Waals surface area contributed by atoms with E-state index in [0.717, 1.165) is 6.08 Å². The van der Waals surface area contributed by atoms with Gasteiger partial charge in [0.2, 0.25) is 11.8 Å². The fourth-order valence-electron chi connectivity index (χ4n) is 1.35. The van der Waals surface area contributed by atoms with Gasteiger partial charge in [-0.2, -0.15) is 0 Å². The molecule has 1 aromatic carbocycles. The Balaban J connectivity index is 3.06. The van der Waals surface area contributed by atoms with Crippen LogP contribution in [0.25, 0.3) is 0 Å². The van der Waals surface area contributed by atoms with E-state index < -0.39 is 13.0 Å². The lowest BCUT2D eigenvalue weighted by atomic mass is 9.78. The summed E-state index contributed by atoms with van der Waals surface area (Å²) in [5, 5.41) is 23.3. The second-order valence-corrected chi connectivity index (χ2v) is 3.55. The van der Waals surface area contributed by atoms with Crippen molar-refractivity contribution >= 4 is 35.8 Å². The van der Waals surface area contributed by atoms with Gasteiger partial charge in [-0.05, 0) is 24.3 Å². The largest absolute Gasteiger partial charge is 0.490 e. The van der Waals surface area contributed by atoms with Gasteiger partial charge in [0.15, 0.2) is 0 Å². The SMILES string of the molecule is C=CC(=O)Nc1ccc(NC(C)=O)c(B(O)O)c1. The predicted molar refractivity (Wildman–Crippen MR) is 69.4 cm³/mol. The van der Waals surface area contributed by atoms with Crippen molar-refractivity contribution in [3.8, 4) is 0 Å². The molecular formula is C11H13BN2O4. The molecule has 94 valence electrons. The maximum Gasteiger partial charge on any atom is 0.490 e. The van der Waals surface area contributed by atoms with Crippen LogP contribution in [0, 0.1) is 0 Å². The average molecular weight is 248 g/mol. The van der Waals surface area contributed by atoms with E-state index >= 15 is 0 Å². The first kappa shape index (κ1) is 13.9.